The van der Waals surface area contributed by atoms with Crippen molar-refractivity contribution >= 4 is 33.5 Å². The van der Waals surface area contributed by atoms with Crippen LogP contribution in [0.3, 0.4) is 0 Å². The van der Waals surface area contributed by atoms with Crippen LogP contribution < -0.4 is 10.1 Å². The first-order valence-corrected chi connectivity index (χ1v) is 10.8. The third kappa shape index (κ3) is 4.07. The minimum absolute atomic E-state index is 0.0968. The highest BCUT2D eigenvalue weighted by atomic mass is 32.1. The third-order valence-electron chi connectivity index (χ3n) is 4.05. The maximum absolute atomic E-state index is 12.3. The molecule has 0 unspecified atom stereocenters. The van der Waals surface area contributed by atoms with Crippen molar-refractivity contribution in [3.8, 4) is 16.5 Å². The highest BCUT2D eigenvalue weighted by Crippen LogP contribution is 2.24. The lowest BCUT2D eigenvalue weighted by Crippen LogP contribution is -2.26. The van der Waals surface area contributed by atoms with Gasteiger partial charge in [0.15, 0.2) is 5.82 Å². The predicted octanol–water partition coefficient (Wildman–Crippen LogP) is 4.28. The Morgan fingerprint density at radius 1 is 1.21 bits per heavy atom. The zero-order valence-corrected chi connectivity index (χ0v) is 17.2. The van der Waals surface area contributed by atoms with Crippen LogP contribution in [0.4, 0.5) is 0 Å². The van der Waals surface area contributed by atoms with Gasteiger partial charge in [-0.3, -0.25) is 4.79 Å². The lowest BCUT2D eigenvalue weighted by molar-refractivity contribution is 0.0954. The van der Waals surface area contributed by atoms with E-state index in [-0.39, 0.29) is 12.0 Å². The summed E-state index contributed by atoms with van der Waals surface area (Å²) in [5, 5.41) is 11.6. The summed E-state index contributed by atoms with van der Waals surface area (Å²) in [5.74, 6) is 1.41. The summed E-state index contributed by atoms with van der Waals surface area (Å²) in [6.07, 6.45) is 0.798. The van der Waals surface area contributed by atoms with E-state index in [9.17, 15) is 4.79 Å². The number of thiophene rings is 1. The van der Waals surface area contributed by atoms with Crippen LogP contribution in [0.2, 0.25) is 0 Å². The molecule has 8 heteroatoms. The number of nitrogens with zero attached hydrogens (tertiary/aromatic N) is 3. The molecule has 0 fully saturated rings. The maximum atomic E-state index is 12.3. The molecule has 144 valence electrons. The van der Waals surface area contributed by atoms with E-state index in [0.29, 0.717) is 18.5 Å². The van der Waals surface area contributed by atoms with E-state index >= 15 is 0 Å². The molecule has 6 nitrogen and oxygen atoms in total. The van der Waals surface area contributed by atoms with Crippen molar-refractivity contribution in [2.75, 3.05) is 6.54 Å². The smallest absolute Gasteiger partial charge is 0.251 e. The van der Waals surface area contributed by atoms with Crippen LogP contribution in [0, 0.1) is 0 Å². The molecule has 0 saturated carbocycles. The Labute approximate surface area is 170 Å². The molecule has 28 heavy (non-hydrogen) atoms. The second kappa shape index (κ2) is 8.12. The first kappa shape index (κ1) is 18.6. The minimum atomic E-state index is -0.0968. The van der Waals surface area contributed by atoms with Gasteiger partial charge in [0.2, 0.25) is 4.96 Å². The number of fused-ring (bicyclic) bond motifs is 1. The summed E-state index contributed by atoms with van der Waals surface area (Å²) < 4.78 is 7.47. The summed E-state index contributed by atoms with van der Waals surface area (Å²) in [4.78, 5) is 18.8. The molecule has 3 aromatic heterocycles. The van der Waals surface area contributed by atoms with Crippen molar-refractivity contribution in [1.82, 2.24) is 19.9 Å². The van der Waals surface area contributed by atoms with E-state index in [1.807, 2.05) is 53.4 Å². The van der Waals surface area contributed by atoms with Gasteiger partial charge < -0.3 is 10.1 Å². The Morgan fingerprint density at radius 3 is 2.75 bits per heavy atom. The summed E-state index contributed by atoms with van der Waals surface area (Å²) >= 11 is 3.19. The van der Waals surface area contributed by atoms with Crippen molar-refractivity contribution in [2.45, 2.75) is 26.4 Å². The standard InChI is InChI=1S/C20H20N4O2S2/c1-13(2)26-16-7-5-14(6-8-16)19(25)21-10-9-15-12-28-20-22-18(23-24(15)20)17-4-3-11-27-17/h3-8,11-13H,9-10H2,1-2H3,(H,21,25). The molecule has 0 spiro atoms. The first-order chi connectivity index (χ1) is 13.6. The molecular formula is C20H20N4O2S2. The van der Waals surface area contributed by atoms with E-state index < -0.39 is 0 Å². The van der Waals surface area contributed by atoms with Crippen LogP contribution in [0.15, 0.2) is 47.2 Å². The van der Waals surface area contributed by atoms with E-state index in [1.54, 1.807) is 34.8 Å². The average Bonchev–Trinajstić information content (AvgIpc) is 3.39. The van der Waals surface area contributed by atoms with Gasteiger partial charge in [0.1, 0.15) is 5.75 Å². The number of aromatic nitrogens is 3. The molecule has 0 saturated heterocycles. The van der Waals surface area contributed by atoms with Crippen LogP contribution in [0.1, 0.15) is 29.9 Å². The van der Waals surface area contributed by atoms with Gasteiger partial charge in [-0.1, -0.05) is 6.07 Å². The van der Waals surface area contributed by atoms with Crippen LogP contribution in [-0.4, -0.2) is 33.2 Å². The Bertz CT molecular complexity index is 1070. The maximum Gasteiger partial charge on any atom is 0.251 e. The van der Waals surface area contributed by atoms with Gasteiger partial charge in [-0.05, 0) is 49.6 Å². The number of amides is 1. The molecule has 3 heterocycles. The number of hydrogen-bond donors (Lipinski definition) is 1. The number of nitrogens with one attached hydrogen (secondary N) is 1. The zero-order chi connectivity index (χ0) is 19.5. The van der Waals surface area contributed by atoms with Gasteiger partial charge in [0.25, 0.3) is 5.91 Å². The number of carbonyl (C=O) groups is 1. The molecule has 4 rings (SSSR count). The summed E-state index contributed by atoms with van der Waals surface area (Å²) in [7, 11) is 0. The molecule has 1 aromatic carbocycles. The molecule has 0 bridgehead atoms. The lowest BCUT2D eigenvalue weighted by Gasteiger charge is -2.10. The van der Waals surface area contributed by atoms with E-state index in [4.69, 9.17) is 4.74 Å². The van der Waals surface area contributed by atoms with Gasteiger partial charge in [-0.15, -0.1) is 27.8 Å². The Hall–Kier alpha value is -2.71. The Morgan fingerprint density at radius 2 is 2.04 bits per heavy atom. The van der Waals surface area contributed by atoms with Crippen LogP contribution in [0.25, 0.3) is 15.7 Å². The largest absolute Gasteiger partial charge is 0.491 e. The highest BCUT2D eigenvalue weighted by molar-refractivity contribution is 7.15. The van der Waals surface area contributed by atoms with Crippen molar-refractivity contribution in [3.63, 3.8) is 0 Å². The second-order valence-electron chi connectivity index (χ2n) is 6.53. The van der Waals surface area contributed by atoms with E-state index in [1.165, 1.54) is 0 Å². The predicted molar refractivity (Wildman–Crippen MR) is 112 cm³/mol. The third-order valence-corrected chi connectivity index (χ3v) is 5.78. The number of benzene rings is 1. The Balaban J connectivity index is 1.36. The van der Waals surface area contributed by atoms with Gasteiger partial charge in [0, 0.05) is 23.9 Å². The van der Waals surface area contributed by atoms with E-state index in [2.05, 4.69) is 15.4 Å². The molecule has 1 amide bonds. The minimum Gasteiger partial charge on any atom is -0.491 e. The summed E-state index contributed by atoms with van der Waals surface area (Å²) in [6.45, 7) is 4.48. The highest BCUT2D eigenvalue weighted by Gasteiger charge is 2.12. The summed E-state index contributed by atoms with van der Waals surface area (Å²) in [6, 6.07) is 11.2. The quantitative estimate of drug-likeness (QED) is 0.492. The molecule has 1 N–H and O–H groups in total. The number of carbonyl (C=O) groups excluding carboxylic acids is 1. The van der Waals surface area contributed by atoms with Crippen molar-refractivity contribution < 1.29 is 9.53 Å². The SMILES string of the molecule is CC(C)Oc1ccc(C(=O)NCCc2csc3nc(-c4cccs4)nn23)cc1. The molecular weight excluding hydrogens is 392 g/mol. The van der Waals surface area contributed by atoms with Crippen molar-refractivity contribution in [3.05, 3.63) is 58.4 Å². The average molecular weight is 413 g/mol. The zero-order valence-electron chi connectivity index (χ0n) is 15.6. The van der Waals surface area contributed by atoms with Crippen LogP contribution >= 0.6 is 22.7 Å². The molecule has 0 aliphatic heterocycles. The van der Waals surface area contributed by atoms with Crippen molar-refractivity contribution in [2.24, 2.45) is 0 Å². The molecule has 0 aliphatic carbocycles. The van der Waals surface area contributed by atoms with Gasteiger partial charge >= 0.3 is 0 Å². The fourth-order valence-corrected chi connectivity index (χ4v) is 4.28. The van der Waals surface area contributed by atoms with E-state index in [0.717, 1.165) is 27.1 Å². The fraction of sp³-hybridized carbons (Fsp3) is 0.250. The topological polar surface area (TPSA) is 68.5 Å². The Kier molecular flexibility index (Phi) is 5.40. The van der Waals surface area contributed by atoms with Crippen LogP contribution in [0.5, 0.6) is 5.75 Å². The van der Waals surface area contributed by atoms with Gasteiger partial charge in [0.05, 0.1) is 16.7 Å². The monoisotopic (exact) mass is 412 g/mol. The fourth-order valence-electron chi connectivity index (χ4n) is 2.77. The normalized spacial score (nSPS) is 11.2. The van der Waals surface area contributed by atoms with Crippen molar-refractivity contribution in [1.29, 1.82) is 0 Å². The number of thiazole rings is 1. The molecule has 0 atom stereocenters. The first-order valence-electron chi connectivity index (χ1n) is 9.02. The number of rotatable bonds is 7. The van der Waals surface area contributed by atoms with Gasteiger partial charge in [-0.25, -0.2) is 4.52 Å². The second-order valence-corrected chi connectivity index (χ2v) is 8.32. The number of hydrogen-bond acceptors (Lipinski definition) is 6. The van der Waals surface area contributed by atoms with Crippen LogP contribution in [-0.2, 0) is 6.42 Å². The van der Waals surface area contributed by atoms with Gasteiger partial charge in [-0.2, -0.15) is 4.98 Å². The molecule has 4 aromatic rings. The summed E-state index contributed by atoms with van der Waals surface area (Å²) in [5.41, 5.74) is 1.66. The molecule has 0 radical (unpaired) electrons. The molecule has 0 aliphatic rings. The number of ether oxygens (including phenoxy) is 1. The lowest BCUT2D eigenvalue weighted by atomic mass is 10.2.